The van der Waals surface area contributed by atoms with E-state index in [1.54, 1.807) is 4.90 Å². The summed E-state index contributed by atoms with van der Waals surface area (Å²) in [6, 6.07) is 8.08. The number of nitrogens with two attached hydrogens (primary N) is 1. The van der Waals surface area contributed by atoms with E-state index >= 15 is 0 Å². The van der Waals surface area contributed by atoms with Gasteiger partial charge in [-0.3, -0.25) is 4.79 Å². The fourth-order valence-electron chi connectivity index (χ4n) is 2.97. The van der Waals surface area contributed by atoms with Crippen molar-refractivity contribution in [3.8, 4) is 0 Å². The van der Waals surface area contributed by atoms with E-state index < -0.39 is 15.3 Å². The number of aromatic nitrogens is 1. The van der Waals surface area contributed by atoms with Gasteiger partial charge in [-0.25, -0.2) is 13.6 Å². The van der Waals surface area contributed by atoms with Crippen molar-refractivity contribution in [3.63, 3.8) is 0 Å². The molecule has 0 spiro atoms. The number of rotatable bonds is 5. The lowest BCUT2D eigenvalue weighted by Crippen LogP contribution is -2.32. The fourth-order valence-corrected chi connectivity index (χ4v) is 3.73. The molecule has 1 saturated heterocycles. The first-order valence-electron chi connectivity index (χ1n) is 7.29. The number of para-hydroxylation sites is 1. The van der Waals surface area contributed by atoms with Gasteiger partial charge in [0.1, 0.15) is 5.25 Å². The van der Waals surface area contributed by atoms with Crippen molar-refractivity contribution < 1.29 is 13.2 Å². The molecule has 1 atom stereocenters. The van der Waals surface area contributed by atoms with E-state index in [2.05, 4.69) is 11.1 Å². The number of H-pyrrole nitrogens is 1. The minimum absolute atomic E-state index is 0.00587. The van der Waals surface area contributed by atoms with Gasteiger partial charge < -0.3 is 9.88 Å². The second-order valence-electron chi connectivity index (χ2n) is 5.72. The highest BCUT2D eigenvalue weighted by molar-refractivity contribution is 7.89. The summed E-state index contributed by atoms with van der Waals surface area (Å²) in [5, 5.41) is 5.56. The molecule has 6 nitrogen and oxygen atoms in total. The molecule has 0 radical (unpaired) electrons. The number of carbonyl (C=O) groups excluding carboxylic acids is 1. The molecule has 1 fully saturated rings. The lowest BCUT2D eigenvalue weighted by atomic mass is 10.1. The van der Waals surface area contributed by atoms with Gasteiger partial charge in [-0.1, -0.05) is 18.2 Å². The van der Waals surface area contributed by atoms with Crippen LogP contribution in [0.25, 0.3) is 10.9 Å². The van der Waals surface area contributed by atoms with Gasteiger partial charge in [-0.15, -0.1) is 0 Å². The average molecular weight is 321 g/mol. The summed E-state index contributed by atoms with van der Waals surface area (Å²) in [5.74, 6) is -0.127. The second-order valence-corrected chi connectivity index (χ2v) is 7.56. The van der Waals surface area contributed by atoms with Crippen LogP contribution in [0.15, 0.2) is 30.5 Å². The van der Waals surface area contributed by atoms with E-state index in [4.69, 9.17) is 5.14 Å². The number of likely N-dealkylation sites (tertiary alicyclic amines) is 1. The van der Waals surface area contributed by atoms with Crippen LogP contribution >= 0.6 is 0 Å². The monoisotopic (exact) mass is 321 g/mol. The van der Waals surface area contributed by atoms with Crippen molar-refractivity contribution in [1.29, 1.82) is 0 Å². The zero-order valence-electron chi connectivity index (χ0n) is 12.2. The number of amides is 1. The predicted molar refractivity (Wildman–Crippen MR) is 84.7 cm³/mol. The van der Waals surface area contributed by atoms with Crippen molar-refractivity contribution in [1.82, 2.24) is 9.88 Å². The van der Waals surface area contributed by atoms with Crippen LogP contribution in [0.3, 0.4) is 0 Å². The van der Waals surface area contributed by atoms with Gasteiger partial charge in [0, 0.05) is 36.6 Å². The molecule has 1 aliphatic heterocycles. The average Bonchev–Trinajstić information content (AvgIpc) is 3.04. The number of aryl methyl sites for hydroxylation is 1. The van der Waals surface area contributed by atoms with E-state index in [-0.39, 0.29) is 18.9 Å². The molecule has 1 aromatic carbocycles. The Balaban J connectivity index is 1.59. The molecule has 1 unspecified atom stereocenters. The summed E-state index contributed by atoms with van der Waals surface area (Å²) >= 11 is 0. The summed E-state index contributed by atoms with van der Waals surface area (Å²) in [6.07, 6.45) is 3.63. The largest absolute Gasteiger partial charge is 0.361 e. The Kier molecular flexibility index (Phi) is 3.92. The fraction of sp³-hybridized carbons (Fsp3) is 0.400. The second kappa shape index (κ2) is 5.73. The molecule has 1 aromatic heterocycles. The van der Waals surface area contributed by atoms with E-state index in [0.29, 0.717) is 6.54 Å². The number of hydrogen-bond acceptors (Lipinski definition) is 3. The van der Waals surface area contributed by atoms with Crippen LogP contribution in [0.1, 0.15) is 18.4 Å². The van der Waals surface area contributed by atoms with Crippen LogP contribution in [0.5, 0.6) is 0 Å². The van der Waals surface area contributed by atoms with Gasteiger partial charge in [-0.2, -0.15) is 0 Å². The zero-order chi connectivity index (χ0) is 15.7. The Bertz CT molecular complexity index is 797. The molecule has 0 saturated carbocycles. The normalized spacial score (nSPS) is 19.2. The molecule has 0 aliphatic carbocycles. The third kappa shape index (κ3) is 3.00. The summed E-state index contributed by atoms with van der Waals surface area (Å²) in [5.41, 5.74) is 2.31. The number of fused-ring (bicyclic) bond motifs is 1. The van der Waals surface area contributed by atoms with Gasteiger partial charge >= 0.3 is 0 Å². The predicted octanol–water partition coefficient (Wildman–Crippen LogP) is 0.990. The van der Waals surface area contributed by atoms with E-state index in [0.717, 1.165) is 18.4 Å². The standard InChI is InChI=1S/C15H19N3O3S/c16-22(20,21)12-8-15(19)18(10-12)7-3-4-11-9-17-14-6-2-1-5-13(11)14/h1-2,5-6,9,12,17H,3-4,7-8,10H2,(H2,16,20,21). The van der Waals surface area contributed by atoms with Crippen molar-refractivity contribution in [2.75, 3.05) is 13.1 Å². The van der Waals surface area contributed by atoms with E-state index in [9.17, 15) is 13.2 Å². The minimum atomic E-state index is -3.63. The number of nitrogens with zero attached hydrogens (tertiary/aromatic N) is 1. The molecule has 2 aromatic rings. The minimum Gasteiger partial charge on any atom is -0.361 e. The van der Waals surface area contributed by atoms with Gasteiger partial charge in [-0.05, 0) is 24.5 Å². The molecule has 2 heterocycles. The molecule has 118 valence electrons. The van der Waals surface area contributed by atoms with Crippen molar-refractivity contribution in [3.05, 3.63) is 36.0 Å². The van der Waals surface area contributed by atoms with Crippen LogP contribution in [0.2, 0.25) is 0 Å². The van der Waals surface area contributed by atoms with Gasteiger partial charge in [0.2, 0.25) is 15.9 Å². The SMILES string of the molecule is NS(=O)(=O)C1CC(=O)N(CCCc2c[nH]c3ccccc23)C1. The molecular weight excluding hydrogens is 302 g/mol. The first kappa shape index (κ1) is 15.1. The van der Waals surface area contributed by atoms with Crippen molar-refractivity contribution >= 4 is 26.8 Å². The molecule has 3 rings (SSSR count). The van der Waals surface area contributed by atoms with Crippen LogP contribution in [-0.2, 0) is 21.2 Å². The third-order valence-corrected chi connectivity index (χ3v) is 5.44. The summed E-state index contributed by atoms with van der Waals surface area (Å²) in [4.78, 5) is 16.7. The maximum Gasteiger partial charge on any atom is 0.224 e. The Hall–Kier alpha value is -1.86. The molecule has 3 N–H and O–H groups in total. The molecule has 22 heavy (non-hydrogen) atoms. The van der Waals surface area contributed by atoms with Gasteiger partial charge in [0.05, 0.1) is 0 Å². The number of nitrogens with one attached hydrogen (secondary N) is 1. The smallest absolute Gasteiger partial charge is 0.224 e. The maximum absolute atomic E-state index is 11.8. The number of benzene rings is 1. The molecular formula is C15H19N3O3S. The van der Waals surface area contributed by atoms with E-state index in [1.807, 2.05) is 24.4 Å². The first-order valence-corrected chi connectivity index (χ1v) is 8.90. The Morgan fingerprint density at radius 2 is 2.09 bits per heavy atom. The number of carbonyl (C=O) groups is 1. The zero-order valence-corrected chi connectivity index (χ0v) is 13.0. The Morgan fingerprint density at radius 1 is 1.32 bits per heavy atom. The van der Waals surface area contributed by atoms with Gasteiger partial charge in [0.15, 0.2) is 0 Å². The molecule has 0 bridgehead atoms. The number of aromatic amines is 1. The topological polar surface area (TPSA) is 96.3 Å². The lowest BCUT2D eigenvalue weighted by Gasteiger charge is -2.15. The summed E-state index contributed by atoms with van der Waals surface area (Å²) in [6.45, 7) is 0.774. The quantitative estimate of drug-likeness (QED) is 0.859. The lowest BCUT2D eigenvalue weighted by molar-refractivity contribution is -0.127. The number of hydrogen-bond donors (Lipinski definition) is 2. The van der Waals surface area contributed by atoms with Crippen LogP contribution in [0.4, 0.5) is 0 Å². The highest BCUT2D eigenvalue weighted by Crippen LogP contribution is 2.20. The van der Waals surface area contributed by atoms with Crippen LogP contribution in [-0.4, -0.2) is 42.5 Å². The maximum atomic E-state index is 11.8. The number of sulfonamides is 1. The molecule has 1 amide bonds. The highest BCUT2D eigenvalue weighted by Gasteiger charge is 2.35. The Labute approximate surface area is 129 Å². The highest BCUT2D eigenvalue weighted by atomic mass is 32.2. The molecule has 7 heteroatoms. The van der Waals surface area contributed by atoms with Crippen LogP contribution in [0, 0.1) is 0 Å². The van der Waals surface area contributed by atoms with Crippen molar-refractivity contribution in [2.24, 2.45) is 5.14 Å². The van der Waals surface area contributed by atoms with Crippen LogP contribution < -0.4 is 5.14 Å². The summed E-state index contributed by atoms with van der Waals surface area (Å²) < 4.78 is 22.7. The first-order chi connectivity index (χ1) is 10.4. The number of primary sulfonamides is 1. The van der Waals surface area contributed by atoms with Crippen molar-refractivity contribution in [2.45, 2.75) is 24.5 Å². The van der Waals surface area contributed by atoms with E-state index in [1.165, 1.54) is 10.9 Å². The van der Waals surface area contributed by atoms with Gasteiger partial charge in [0.25, 0.3) is 0 Å². The third-order valence-electron chi connectivity index (χ3n) is 4.19. The molecule has 1 aliphatic rings. The Morgan fingerprint density at radius 3 is 2.82 bits per heavy atom. The summed E-state index contributed by atoms with van der Waals surface area (Å²) in [7, 11) is -3.63.